The van der Waals surface area contributed by atoms with Crippen molar-refractivity contribution in [2.45, 2.75) is 45.1 Å². The molecule has 4 aliphatic carbocycles. The second-order valence-corrected chi connectivity index (χ2v) is 13.3. The summed E-state index contributed by atoms with van der Waals surface area (Å²) < 4.78 is 29.1. The van der Waals surface area contributed by atoms with E-state index in [0.717, 1.165) is 33.9 Å². The first-order valence-electron chi connectivity index (χ1n) is 12.2. The maximum absolute atomic E-state index is 13.4. The third-order valence-electron chi connectivity index (χ3n) is 8.45. The second kappa shape index (κ2) is 8.84. The minimum atomic E-state index is -4.09. The van der Waals surface area contributed by atoms with Crippen molar-refractivity contribution in [2.75, 3.05) is 23.9 Å². The van der Waals surface area contributed by atoms with Crippen LogP contribution in [-0.4, -0.2) is 55.1 Å². The number of amides is 2. The van der Waals surface area contributed by atoms with Crippen molar-refractivity contribution in [1.29, 1.82) is 0 Å². The van der Waals surface area contributed by atoms with Gasteiger partial charge in [0, 0.05) is 36.7 Å². The highest BCUT2D eigenvalue weighted by Gasteiger charge is 2.58. The summed E-state index contributed by atoms with van der Waals surface area (Å²) in [7, 11) is -4.09. The van der Waals surface area contributed by atoms with Crippen molar-refractivity contribution in [3.8, 4) is 0 Å². The number of non-ortho nitro benzene ring substituents is 1. The third kappa shape index (κ3) is 4.22. The van der Waals surface area contributed by atoms with Gasteiger partial charge in [0.1, 0.15) is 0 Å². The summed E-state index contributed by atoms with van der Waals surface area (Å²) in [5.74, 6) is 0.0498. The van der Waals surface area contributed by atoms with Gasteiger partial charge in [-0.3, -0.25) is 24.0 Å². The number of benzene rings is 1. The molecule has 1 aliphatic heterocycles. The maximum Gasteiger partial charge on any atom is 0.304 e. The van der Waals surface area contributed by atoms with E-state index in [1.54, 1.807) is 0 Å². The van der Waals surface area contributed by atoms with Crippen LogP contribution in [0.25, 0.3) is 0 Å². The van der Waals surface area contributed by atoms with Gasteiger partial charge in [-0.2, -0.15) is 12.7 Å². The number of nitro groups is 1. The molecule has 2 amide bonds. The number of nitrogens with zero attached hydrogens (tertiary/aromatic N) is 3. The van der Waals surface area contributed by atoms with Crippen LogP contribution in [0.4, 0.5) is 11.4 Å². The van der Waals surface area contributed by atoms with Crippen molar-refractivity contribution in [2.24, 2.45) is 34.8 Å². The highest BCUT2D eigenvalue weighted by Crippen LogP contribution is 2.59. The lowest BCUT2D eigenvalue weighted by molar-refractivity contribution is -0.384. The monoisotopic (exact) mass is 539 g/mol. The van der Waals surface area contributed by atoms with Crippen molar-refractivity contribution in [3.63, 3.8) is 0 Å². The molecule has 1 aromatic carbocycles. The van der Waals surface area contributed by atoms with Gasteiger partial charge in [0.25, 0.3) is 5.69 Å². The van der Waals surface area contributed by atoms with Gasteiger partial charge in [-0.15, -0.1) is 0 Å². The van der Waals surface area contributed by atoms with Gasteiger partial charge in [0.15, 0.2) is 0 Å². The molecule has 5 fully saturated rings. The highest BCUT2D eigenvalue weighted by molar-refractivity contribution is 7.90. The molecule has 3 unspecified atom stereocenters. The van der Waals surface area contributed by atoms with Gasteiger partial charge >= 0.3 is 10.2 Å². The minimum absolute atomic E-state index is 0.0525. The molecule has 1 heterocycles. The number of hydrogen-bond acceptors (Lipinski definition) is 6. The van der Waals surface area contributed by atoms with Crippen LogP contribution in [0.5, 0.6) is 0 Å². The number of nitrogens with two attached hydrogens (primary N) is 1. The summed E-state index contributed by atoms with van der Waals surface area (Å²) in [5.41, 5.74) is 5.18. The first kappa shape index (κ1) is 25.2. The molecule has 11 nitrogen and oxygen atoms in total. The summed E-state index contributed by atoms with van der Waals surface area (Å²) in [6.45, 7) is 1.84. The van der Waals surface area contributed by atoms with E-state index < -0.39 is 20.5 Å². The molecule has 3 atom stereocenters. The zero-order valence-corrected chi connectivity index (χ0v) is 21.5. The predicted octanol–water partition coefficient (Wildman–Crippen LogP) is 2.05. The van der Waals surface area contributed by atoms with Crippen molar-refractivity contribution >= 4 is 45.0 Å². The Bertz CT molecular complexity index is 1210. The van der Waals surface area contributed by atoms with Crippen LogP contribution < -0.4 is 15.4 Å². The summed E-state index contributed by atoms with van der Waals surface area (Å²) in [5, 5.41) is 14.1. The Morgan fingerprint density at radius 2 is 1.89 bits per heavy atom. The molecule has 13 heteroatoms. The maximum atomic E-state index is 13.4. The van der Waals surface area contributed by atoms with Crippen molar-refractivity contribution < 1.29 is 22.9 Å². The molecule has 6 rings (SSSR count). The summed E-state index contributed by atoms with van der Waals surface area (Å²) >= 11 is 6.23. The fourth-order valence-corrected chi connectivity index (χ4v) is 9.33. The van der Waals surface area contributed by atoms with Gasteiger partial charge in [-0.05, 0) is 61.8 Å². The molecule has 196 valence electrons. The third-order valence-corrected chi connectivity index (χ3v) is 10.6. The lowest BCUT2D eigenvalue weighted by atomic mass is 9.47. The van der Waals surface area contributed by atoms with Crippen LogP contribution >= 0.6 is 11.6 Å². The summed E-state index contributed by atoms with van der Waals surface area (Å²) in [6.07, 6.45) is 4.07. The van der Waals surface area contributed by atoms with E-state index in [0.29, 0.717) is 18.8 Å². The number of halogens is 1. The Kier molecular flexibility index (Phi) is 6.19. The molecule has 1 saturated heterocycles. The molecule has 0 spiro atoms. The molecular weight excluding hydrogens is 510 g/mol. The molecule has 5 aliphatic rings. The fraction of sp³-hybridized carbons (Fsp3) is 0.652. The number of rotatable bonds is 6. The summed E-state index contributed by atoms with van der Waals surface area (Å²) in [6, 6.07) is 3.55. The Morgan fingerprint density at radius 3 is 2.47 bits per heavy atom. The number of nitrogens with one attached hydrogen (secondary N) is 1. The topological polar surface area (TPSA) is 156 Å². The van der Waals surface area contributed by atoms with Crippen LogP contribution in [0.15, 0.2) is 18.2 Å². The lowest BCUT2D eigenvalue weighted by Gasteiger charge is -2.58. The number of nitro benzene ring substituents is 1. The van der Waals surface area contributed by atoms with E-state index >= 15 is 0 Å². The second-order valence-electron chi connectivity index (χ2n) is 11.0. The Balaban J connectivity index is 1.31. The number of anilines is 1. The van der Waals surface area contributed by atoms with Crippen LogP contribution in [0, 0.1) is 39.2 Å². The molecule has 0 aromatic heterocycles. The van der Waals surface area contributed by atoms with Gasteiger partial charge in [-0.1, -0.05) is 18.5 Å². The quantitative estimate of drug-likeness (QED) is 0.416. The molecule has 1 aromatic rings. The molecule has 4 bridgehead atoms. The average Bonchev–Trinajstić information content (AvgIpc) is 2.78. The zero-order chi connectivity index (χ0) is 26.0. The average molecular weight is 540 g/mol. The van der Waals surface area contributed by atoms with E-state index in [1.807, 2.05) is 6.92 Å². The van der Waals surface area contributed by atoms with E-state index in [1.165, 1.54) is 12.1 Å². The van der Waals surface area contributed by atoms with Gasteiger partial charge in [-0.25, -0.2) is 0 Å². The van der Waals surface area contributed by atoms with Crippen LogP contribution in [0.2, 0.25) is 5.02 Å². The number of primary amides is 1. The minimum Gasteiger partial charge on any atom is -0.369 e. The first-order valence-corrected chi connectivity index (χ1v) is 14.0. The molecule has 3 N–H and O–H groups in total. The van der Waals surface area contributed by atoms with Crippen LogP contribution in [-0.2, 0) is 19.8 Å². The largest absolute Gasteiger partial charge is 0.369 e. The molecule has 36 heavy (non-hydrogen) atoms. The predicted molar refractivity (Wildman–Crippen MR) is 132 cm³/mol. The SMILES string of the molecule is CC1CN(CC(=O)NC2C3CC4CC2CC(C(N)=O)(C4)C3)S(=O)(=O)N(c2ccc([N+](=O)[O-])cc2Cl)C1. The summed E-state index contributed by atoms with van der Waals surface area (Å²) in [4.78, 5) is 35.7. The Morgan fingerprint density at radius 1 is 1.22 bits per heavy atom. The Hall–Kier alpha value is -2.44. The number of hydrogen-bond donors (Lipinski definition) is 2. The normalized spacial score (nSPS) is 34.9. The van der Waals surface area contributed by atoms with Crippen LogP contribution in [0.1, 0.15) is 39.0 Å². The standard InChI is InChI=1S/C23H30ClN5O6S/c1-13-10-27(36(34,35)28(11-13)19-3-2-17(29(32)33)6-18(19)24)12-20(30)26-21-15-4-14-5-16(21)9-23(7-14,8-15)22(25)31/h2-3,6,13-16,21H,4-5,7-12H2,1H3,(H2,25,31)(H,26,30). The van der Waals surface area contributed by atoms with Gasteiger partial charge < -0.3 is 11.1 Å². The first-order chi connectivity index (χ1) is 16.9. The van der Waals surface area contributed by atoms with E-state index in [4.69, 9.17) is 17.3 Å². The lowest BCUT2D eigenvalue weighted by Crippen LogP contribution is -2.63. The van der Waals surface area contributed by atoms with E-state index in [9.17, 15) is 28.1 Å². The van der Waals surface area contributed by atoms with E-state index in [-0.39, 0.29) is 71.6 Å². The van der Waals surface area contributed by atoms with Gasteiger partial charge in [0.2, 0.25) is 11.8 Å². The zero-order valence-electron chi connectivity index (χ0n) is 19.9. The smallest absolute Gasteiger partial charge is 0.304 e. The van der Waals surface area contributed by atoms with Crippen LogP contribution in [0.3, 0.4) is 0 Å². The van der Waals surface area contributed by atoms with Crippen molar-refractivity contribution in [1.82, 2.24) is 9.62 Å². The number of carbonyl (C=O) groups is 2. The molecule has 0 radical (unpaired) electrons. The highest BCUT2D eigenvalue weighted by atomic mass is 35.5. The van der Waals surface area contributed by atoms with Crippen molar-refractivity contribution in [3.05, 3.63) is 33.3 Å². The Labute approximate surface area is 214 Å². The fourth-order valence-electron chi connectivity index (χ4n) is 7.15. The molecule has 4 saturated carbocycles. The van der Waals surface area contributed by atoms with E-state index in [2.05, 4.69) is 5.32 Å². The molecular formula is C23H30ClN5O6S. The number of carbonyl (C=O) groups excluding carboxylic acids is 2. The van der Waals surface area contributed by atoms with Gasteiger partial charge in [0.05, 0.1) is 22.2 Å².